The van der Waals surface area contributed by atoms with E-state index >= 15 is 0 Å². The summed E-state index contributed by atoms with van der Waals surface area (Å²) in [5.41, 5.74) is 0.344. The average Bonchev–Trinajstić information content (AvgIpc) is 1.93. The van der Waals surface area contributed by atoms with Crippen molar-refractivity contribution in [3.05, 3.63) is 0 Å². The maximum Gasteiger partial charge on any atom is 0.223 e. The fourth-order valence-corrected chi connectivity index (χ4v) is 1.85. The van der Waals surface area contributed by atoms with Crippen LogP contribution in [0.25, 0.3) is 0 Å². The molecule has 0 aromatic heterocycles. The molecule has 1 amide bonds. The number of hydrogen-bond acceptors (Lipinski definition) is 1. The molecule has 1 heterocycles. The molecule has 0 aromatic carbocycles. The Labute approximate surface area is 54.6 Å². The first-order valence-corrected chi connectivity index (χ1v) is 3.50. The van der Waals surface area contributed by atoms with Crippen LogP contribution in [0.4, 0.5) is 0 Å². The van der Waals surface area contributed by atoms with Crippen molar-refractivity contribution in [2.75, 3.05) is 6.54 Å². The lowest BCUT2D eigenvalue weighted by Crippen LogP contribution is -2.37. The Kier molecular flexibility index (Phi) is 0.765. The van der Waals surface area contributed by atoms with Crippen molar-refractivity contribution in [3.8, 4) is 0 Å². The van der Waals surface area contributed by atoms with Crippen LogP contribution in [0, 0.1) is 11.3 Å². The molecule has 1 aliphatic heterocycles. The van der Waals surface area contributed by atoms with Gasteiger partial charge in [-0.1, -0.05) is 6.92 Å². The van der Waals surface area contributed by atoms with E-state index in [-0.39, 0.29) is 5.91 Å². The van der Waals surface area contributed by atoms with Crippen LogP contribution in [0.3, 0.4) is 0 Å². The van der Waals surface area contributed by atoms with Crippen molar-refractivity contribution in [1.29, 1.82) is 0 Å². The maximum absolute atomic E-state index is 10.9. The summed E-state index contributed by atoms with van der Waals surface area (Å²) in [6.07, 6.45) is 2.35. The van der Waals surface area contributed by atoms with Gasteiger partial charge in [0.15, 0.2) is 0 Å². The molecule has 9 heavy (non-hydrogen) atoms. The van der Waals surface area contributed by atoms with Gasteiger partial charge in [-0.25, -0.2) is 0 Å². The molecule has 0 bridgehead atoms. The Bertz CT molecular complexity index is 166. The monoisotopic (exact) mass is 125 g/mol. The summed E-state index contributed by atoms with van der Waals surface area (Å²) >= 11 is 0. The molecule has 1 aliphatic carbocycles. The van der Waals surface area contributed by atoms with Crippen molar-refractivity contribution >= 4 is 5.91 Å². The molecule has 2 aliphatic rings. The van der Waals surface area contributed by atoms with Gasteiger partial charge in [0, 0.05) is 12.5 Å². The van der Waals surface area contributed by atoms with Crippen molar-refractivity contribution in [2.45, 2.75) is 19.8 Å². The molecule has 1 saturated carbocycles. The summed E-state index contributed by atoms with van der Waals surface area (Å²) < 4.78 is 0. The number of amides is 1. The van der Waals surface area contributed by atoms with E-state index in [0.29, 0.717) is 11.3 Å². The number of carbonyl (C=O) groups excluding carboxylic acids is 1. The summed E-state index contributed by atoms with van der Waals surface area (Å²) in [4.78, 5) is 10.9. The first kappa shape index (κ1) is 5.27. The van der Waals surface area contributed by atoms with Crippen molar-refractivity contribution < 1.29 is 4.79 Å². The maximum atomic E-state index is 10.9. The standard InChI is InChI=1S/C7H11NO/c1-7-3-2-5(7)6(9)8-4-7/h5H,2-4H2,1H3,(H,8,9). The van der Waals surface area contributed by atoms with Crippen LogP contribution in [0.5, 0.6) is 0 Å². The predicted octanol–water partition coefficient (Wildman–Crippen LogP) is 0.532. The molecule has 2 heteroatoms. The zero-order chi connectivity index (χ0) is 6.48. The summed E-state index contributed by atoms with van der Waals surface area (Å²) in [5.74, 6) is 0.640. The average molecular weight is 125 g/mol. The molecule has 1 N–H and O–H groups in total. The zero-order valence-electron chi connectivity index (χ0n) is 5.61. The smallest absolute Gasteiger partial charge is 0.223 e. The molecule has 0 spiro atoms. The van der Waals surface area contributed by atoms with Crippen LogP contribution in [-0.4, -0.2) is 12.5 Å². The topological polar surface area (TPSA) is 29.1 Å². The highest BCUT2D eigenvalue weighted by Crippen LogP contribution is 2.48. The number of carbonyl (C=O) groups is 1. The second kappa shape index (κ2) is 1.31. The Hall–Kier alpha value is -0.530. The Morgan fingerprint density at radius 2 is 2.56 bits per heavy atom. The van der Waals surface area contributed by atoms with Gasteiger partial charge in [-0.05, 0) is 18.3 Å². The van der Waals surface area contributed by atoms with Gasteiger partial charge < -0.3 is 5.32 Å². The van der Waals surface area contributed by atoms with E-state index < -0.39 is 0 Å². The van der Waals surface area contributed by atoms with Crippen LogP contribution in [0.15, 0.2) is 0 Å². The number of hydrogen-bond donors (Lipinski definition) is 1. The quantitative estimate of drug-likeness (QED) is 0.502. The van der Waals surface area contributed by atoms with Gasteiger partial charge in [0.2, 0.25) is 5.91 Å². The largest absolute Gasteiger partial charge is 0.355 e. The van der Waals surface area contributed by atoms with E-state index in [1.165, 1.54) is 6.42 Å². The molecule has 50 valence electrons. The fourth-order valence-electron chi connectivity index (χ4n) is 1.85. The lowest BCUT2D eigenvalue weighted by Gasteiger charge is -2.38. The minimum Gasteiger partial charge on any atom is -0.355 e. The third kappa shape index (κ3) is 0.485. The molecule has 0 radical (unpaired) electrons. The third-order valence-corrected chi connectivity index (χ3v) is 2.83. The highest BCUT2D eigenvalue weighted by Gasteiger charge is 2.51. The van der Waals surface area contributed by atoms with E-state index in [0.717, 1.165) is 13.0 Å². The van der Waals surface area contributed by atoms with E-state index in [1.807, 2.05) is 0 Å². The summed E-state index contributed by atoms with van der Waals surface area (Å²) in [6, 6.07) is 0. The number of rotatable bonds is 0. The van der Waals surface area contributed by atoms with Gasteiger partial charge >= 0.3 is 0 Å². The van der Waals surface area contributed by atoms with Crippen molar-refractivity contribution in [1.82, 2.24) is 5.32 Å². The minimum atomic E-state index is 0.281. The molecule has 2 rings (SSSR count). The molecule has 0 aromatic rings. The van der Waals surface area contributed by atoms with Crippen LogP contribution in [-0.2, 0) is 4.79 Å². The lowest BCUT2D eigenvalue weighted by molar-refractivity contribution is -0.126. The van der Waals surface area contributed by atoms with Gasteiger partial charge in [-0.15, -0.1) is 0 Å². The summed E-state index contributed by atoms with van der Waals surface area (Å²) in [7, 11) is 0. The fraction of sp³-hybridized carbons (Fsp3) is 0.857. The zero-order valence-corrected chi connectivity index (χ0v) is 5.61. The van der Waals surface area contributed by atoms with E-state index in [1.54, 1.807) is 0 Å². The van der Waals surface area contributed by atoms with E-state index in [4.69, 9.17) is 0 Å². The molecular weight excluding hydrogens is 114 g/mol. The predicted molar refractivity (Wildman–Crippen MR) is 33.8 cm³/mol. The summed E-state index contributed by atoms with van der Waals surface area (Å²) in [6.45, 7) is 3.11. The molecule has 1 saturated heterocycles. The van der Waals surface area contributed by atoms with Gasteiger partial charge in [0.25, 0.3) is 0 Å². The Balaban J connectivity index is 2.24. The highest BCUT2D eigenvalue weighted by molar-refractivity contribution is 5.83. The molecular formula is C7H11NO. The van der Waals surface area contributed by atoms with Crippen LogP contribution < -0.4 is 5.32 Å². The normalized spacial score (nSPS) is 47.7. The molecule has 2 unspecified atom stereocenters. The highest BCUT2D eigenvalue weighted by atomic mass is 16.2. The molecule has 2 nitrogen and oxygen atoms in total. The minimum absolute atomic E-state index is 0.281. The number of nitrogens with one attached hydrogen (secondary N) is 1. The van der Waals surface area contributed by atoms with Gasteiger partial charge in [-0.3, -0.25) is 4.79 Å². The van der Waals surface area contributed by atoms with Gasteiger partial charge in [0.1, 0.15) is 0 Å². The third-order valence-electron chi connectivity index (χ3n) is 2.83. The van der Waals surface area contributed by atoms with E-state index in [2.05, 4.69) is 12.2 Å². The van der Waals surface area contributed by atoms with Gasteiger partial charge in [0.05, 0.1) is 0 Å². The Morgan fingerprint density at radius 1 is 1.78 bits per heavy atom. The first-order chi connectivity index (χ1) is 4.22. The van der Waals surface area contributed by atoms with E-state index in [9.17, 15) is 4.79 Å². The first-order valence-electron chi connectivity index (χ1n) is 3.50. The molecule has 2 fully saturated rings. The van der Waals surface area contributed by atoms with Crippen LogP contribution in [0.1, 0.15) is 19.8 Å². The lowest BCUT2D eigenvalue weighted by atomic mass is 9.63. The van der Waals surface area contributed by atoms with Crippen molar-refractivity contribution in [3.63, 3.8) is 0 Å². The number of fused-ring (bicyclic) bond motifs is 1. The van der Waals surface area contributed by atoms with Crippen LogP contribution >= 0.6 is 0 Å². The molecule has 2 atom stereocenters. The second-order valence-electron chi connectivity index (χ2n) is 3.46. The van der Waals surface area contributed by atoms with Crippen molar-refractivity contribution in [2.24, 2.45) is 11.3 Å². The Morgan fingerprint density at radius 3 is 2.78 bits per heavy atom. The SMILES string of the molecule is CC12CCC1C(=O)NC2. The second-order valence-corrected chi connectivity index (χ2v) is 3.46. The van der Waals surface area contributed by atoms with Crippen LogP contribution in [0.2, 0.25) is 0 Å². The van der Waals surface area contributed by atoms with Gasteiger partial charge in [-0.2, -0.15) is 0 Å². The summed E-state index contributed by atoms with van der Waals surface area (Å²) in [5, 5.41) is 2.88.